The van der Waals surface area contributed by atoms with Gasteiger partial charge in [0.15, 0.2) is 0 Å². The molecule has 2 fully saturated rings. The third-order valence-electron chi connectivity index (χ3n) is 6.27. The van der Waals surface area contributed by atoms with Crippen LogP contribution in [0.25, 0.3) is 0 Å². The van der Waals surface area contributed by atoms with E-state index in [0.717, 1.165) is 25.3 Å². The van der Waals surface area contributed by atoms with E-state index in [4.69, 9.17) is 14.2 Å². The van der Waals surface area contributed by atoms with E-state index in [2.05, 4.69) is 10.2 Å². The fourth-order valence-electron chi connectivity index (χ4n) is 4.29. The van der Waals surface area contributed by atoms with Gasteiger partial charge >= 0.3 is 6.03 Å². The minimum absolute atomic E-state index is 0.0772. The first-order chi connectivity index (χ1) is 17.1. The molecule has 188 valence electrons. The van der Waals surface area contributed by atoms with Crippen molar-refractivity contribution in [1.82, 2.24) is 14.7 Å². The summed E-state index contributed by atoms with van der Waals surface area (Å²) in [5.41, 5.74) is 1.32. The molecule has 1 atom stereocenters. The van der Waals surface area contributed by atoms with Gasteiger partial charge in [0.1, 0.15) is 5.75 Å². The van der Waals surface area contributed by atoms with Gasteiger partial charge in [0, 0.05) is 50.5 Å². The molecule has 0 radical (unpaired) electrons. The first-order valence-electron chi connectivity index (χ1n) is 12.1. The molecular weight excluding hydrogens is 448 g/mol. The van der Waals surface area contributed by atoms with Gasteiger partial charge in [0.05, 0.1) is 39.6 Å². The topological polar surface area (TPSA) is 83.6 Å². The van der Waals surface area contributed by atoms with Crippen molar-refractivity contribution in [3.63, 3.8) is 0 Å². The van der Waals surface area contributed by atoms with Gasteiger partial charge in [0.2, 0.25) is 0 Å². The number of ether oxygens (including phenoxy) is 3. The summed E-state index contributed by atoms with van der Waals surface area (Å²) in [5, 5.41) is 2.93. The van der Waals surface area contributed by atoms with Crippen molar-refractivity contribution >= 4 is 17.6 Å². The number of hydrogen-bond donors (Lipinski definition) is 1. The summed E-state index contributed by atoms with van der Waals surface area (Å²) < 4.78 is 16.7. The Morgan fingerprint density at radius 3 is 2.63 bits per heavy atom. The maximum atomic E-state index is 13.5. The highest BCUT2D eigenvalue weighted by atomic mass is 16.5. The van der Waals surface area contributed by atoms with Gasteiger partial charge in [0.25, 0.3) is 5.91 Å². The number of nitrogens with one attached hydrogen (secondary N) is 1. The van der Waals surface area contributed by atoms with Crippen molar-refractivity contribution in [2.75, 3.05) is 78.1 Å². The smallest absolute Gasteiger partial charge is 0.322 e. The predicted molar refractivity (Wildman–Crippen MR) is 133 cm³/mol. The summed E-state index contributed by atoms with van der Waals surface area (Å²) >= 11 is 0. The molecule has 0 aliphatic carbocycles. The number of carbonyl (C=O) groups excluding carboxylic acids is 2. The number of amides is 3. The Morgan fingerprint density at radius 1 is 1.06 bits per heavy atom. The van der Waals surface area contributed by atoms with Crippen LogP contribution in [-0.4, -0.2) is 105 Å². The molecule has 0 aromatic heterocycles. The molecule has 2 aromatic rings. The normalized spacial score (nSPS) is 18.7. The second-order valence-electron chi connectivity index (χ2n) is 8.67. The van der Waals surface area contributed by atoms with E-state index >= 15 is 0 Å². The van der Waals surface area contributed by atoms with Crippen LogP contribution in [0.1, 0.15) is 10.4 Å². The lowest BCUT2D eigenvalue weighted by atomic mass is 10.1. The molecule has 9 nitrogen and oxygen atoms in total. The molecule has 2 aromatic carbocycles. The van der Waals surface area contributed by atoms with Gasteiger partial charge in [-0.2, -0.15) is 0 Å². The summed E-state index contributed by atoms with van der Waals surface area (Å²) in [4.78, 5) is 32.2. The second-order valence-corrected chi connectivity index (χ2v) is 8.67. The Labute approximate surface area is 206 Å². The van der Waals surface area contributed by atoms with Crippen LogP contribution in [0.2, 0.25) is 0 Å². The van der Waals surface area contributed by atoms with E-state index in [0.29, 0.717) is 57.3 Å². The lowest BCUT2D eigenvalue weighted by Gasteiger charge is -2.36. The standard InChI is InChI=1S/C26H34N4O5/c1-33-23-9-5-6-21(18-23)25(31)29(11-10-28-12-15-34-16-13-28)19-24-20-30(14-17-35-24)26(32)27-22-7-3-2-4-8-22/h2-9,18,24H,10-17,19-20H2,1H3,(H,27,32)/t24-/m0/s1. The SMILES string of the molecule is COc1cccc(C(=O)N(CCN2CCOCC2)C[C@H]2CN(C(=O)Nc3ccccc3)CCO2)c1. The zero-order chi connectivity index (χ0) is 24.5. The summed E-state index contributed by atoms with van der Waals surface area (Å²) in [5.74, 6) is 0.563. The number of nitrogens with zero attached hydrogens (tertiary/aromatic N) is 3. The summed E-state index contributed by atoms with van der Waals surface area (Å²) in [7, 11) is 1.59. The van der Waals surface area contributed by atoms with Crippen molar-refractivity contribution in [3.8, 4) is 5.75 Å². The van der Waals surface area contributed by atoms with E-state index in [-0.39, 0.29) is 18.0 Å². The fourth-order valence-corrected chi connectivity index (χ4v) is 4.29. The van der Waals surface area contributed by atoms with E-state index in [1.807, 2.05) is 47.4 Å². The van der Waals surface area contributed by atoms with Crippen LogP contribution in [0.3, 0.4) is 0 Å². The van der Waals surface area contributed by atoms with Crippen molar-refractivity contribution in [3.05, 3.63) is 60.2 Å². The van der Waals surface area contributed by atoms with Crippen LogP contribution in [0.15, 0.2) is 54.6 Å². The van der Waals surface area contributed by atoms with E-state index in [1.54, 1.807) is 24.1 Å². The molecule has 0 saturated carbocycles. The zero-order valence-corrected chi connectivity index (χ0v) is 20.2. The third kappa shape index (κ3) is 7.17. The molecule has 9 heteroatoms. The van der Waals surface area contributed by atoms with E-state index in [1.165, 1.54) is 0 Å². The lowest BCUT2D eigenvalue weighted by Crippen LogP contribution is -2.52. The average molecular weight is 483 g/mol. The van der Waals surface area contributed by atoms with Crippen LogP contribution in [-0.2, 0) is 9.47 Å². The van der Waals surface area contributed by atoms with Crippen molar-refractivity contribution in [1.29, 1.82) is 0 Å². The monoisotopic (exact) mass is 482 g/mol. The Kier molecular flexibility index (Phi) is 8.94. The van der Waals surface area contributed by atoms with Gasteiger partial charge in [-0.1, -0.05) is 24.3 Å². The maximum Gasteiger partial charge on any atom is 0.322 e. The Bertz CT molecular complexity index is 967. The first kappa shape index (κ1) is 25.0. The second kappa shape index (κ2) is 12.5. The zero-order valence-electron chi connectivity index (χ0n) is 20.2. The van der Waals surface area contributed by atoms with Crippen LogP contribution in [0, 0.1) is 0 Å². The molecule has 2 saturated heterocycles. The minimum atomic E-state index is -0.274. The van der Waals surface area contributed by atoms with Gasteiger partial charge in [-0.05, 0) is 30.3 Å². The molecule has 0 spiro atoms. The predicted octanol–water partition coefficient (Wildman–Crippen LogP) is 2.40. The molecule has 2 aliphatic heterocycles. The van der Waals surface area contributed by atoms with Gasteiger partial charge < -0.3 is 29.3 Å². The van der Waals surface area contributed by atoms with Crippen molar-refractivity contribution in [2.24, 2.45) is 0 Å². The largest absolute Gasteiger partial charge is 0.497 e. The lowest BCUT2D eigenvalue weighted by molar-refractivity contribution is -0.0282. The molecular formula is C26H34N4O5. The number of methoxy groups -OCH3 is 1. The third-order valence-corrected chi connectivity index (χ3v) is 6.27. The minimum Gasteiger partial charge on any atom is -0.497 e. The molecule has 0 unspecified atom stereocenters. The average Bonchev–Trinajstić information content (AvgIpc) is 2.92. The van der Waals surface area contributed by atoms with E-state index < -0.39 is 0 Å². The fraction of sp³-hybridized carbons (Fsp3) is 0.462. The molecule has 35 heavy (non-hydrogen) atoms. The number of hydrogen-bond acceptors (Lipinski definition) is 6. The van der Waals surface area contributed by atoms with Crippen LogP contribution < -0.4 is 10.1 Å². The van der Waals surface area contributed by atoms with Crippen molar-refractivity contribution in [2.45, 2.75) is 6.10 Å². The Balaban J connectivity index is 1.41. The van der Waals surface area contributed by atoms with Gasteiger partial charge in [-0.15, -0.1) is 0 Å². The summed E-state index contributed by atoms with van der Waals surface area (Å²) in [6, 6.07) is 16.4. The Hall–Kier alpha value is -3.14. The first-order valence-corrected chi connectivity index (χ1v) is 12.1. The summed E-state index contributed by atoms with van der Waals surface area (Å²) in [6.07, 6.45) is -0.274. The van der Waals surface area contributed by atoms with Crippen LogP contribution in [0.5, 0.6) is 5.75 Å². The molecule has 2 aliphatic rings. The van der Waals surface area contributed by atoms with Crippen LogP contribution in [0.4, 0.5) is 10.5 Å². The number of anilines is 1. The highest BCUT2D eigenvalue weighted by Crippen LogP contribution is 2.17. The highest BCUT2D eigenvalue weighted by Gasteiger charge is 2.28. The van der Waals surface area contributed by atoms with Crippen molar-refractivity contribution < 1.29 is 23.8 Å². The summed E-state index contributed by atoms with van der Waals surface area (Å²) in [6.45, 7) is 6.19. The Morgan fingerprint density at radius 2 is 1.86 bits per heavy atom. The molecule has 3 amide bonds. The molecule has 1 N–H and O–H groups in total. The molecule has 4 rings (SSSR count). The molecule has 2 heterocycles. The number of benzene rings is 2. The number of morpholine rings is 2. The molecule has 0 bridgehead atoms. The van der Waals surface area contributed by atoms with Gasteiger partial charge in [-0.3, -0.25) is 9.69 Å². The highest BCUT2D eigenvalue weighted by molar-refractivity contribution is 5.94. The van der Waals surface area contributed by atoms with E-state index in [9.17, 15) is 9.59 Å². The number of carbonyl (C=O) groups is 2. The number of rotatable bonds is 8. The van der Waals surface area contributed by atoms with Gasteiger partial charge in [-0.25, -0.2) is 4.79 Å². The maximum absolute atomic E-state index is 13.5. The van der Waals surface area contributed by atoms with Crippen LogP contribution >= 0.6 is 0 Å². The number of para-hydroxylation sites is 1. The number of urea groups is 1. The quantitative estimate of drug-likeness (QED) is 0.622.